The molecule has 15 heavy (non-hydrogen) atoms. The minimum Gasteiger partial charge on any atom is -0.311 e. The van der Waals surface area contributed by atoms with Gasteiger partial charge in [-0.1, -0.05) is 27.2 Å². The number of hydrogen-bond acceptors (Lipinski definition) is 2. The fourth-order valence-corrected chi connectivity index (χ4v) is 2.66. The summed E-state index contributed by atoms with van der Waals surface area (Å²) < 4.78 is 0. The molecule has 2 rings (SSSR count). The van der Waals surface area contributed by atoms with Crippen LogP contribution in [0.5, 0.6) is 0 Å². The summed E-state index contributed by atoms with van der Waals surface area (Å²) >= 11 is 0. The topological polar surface area (TPSA) is 15.3 Å². The van der Waals surface area contributed by atoms with Crippen LogP contribution in [-0.4, -0.2) is 37.1 Å². The van der Waals surface area contributed by atoms with Crippen molar-refractivity contribution < 1.29 is 0 Å². The first kappa shape index (κ1) is 11.4. The van der Waals surface area contributed by atoms with Crippen LogP contribution < -0.4 is 5.32 Å². The van der Waals surface area contributed by atoms with Crippen LogP contribution >= 0.6 is 0 Å². The monoisotopic (exact) mass is 210 g/mol. The Morgan fingerprint density at radius 2 is 2.20 bits per heavy atom. The zero-order chi connectivity index (χ0) is 10.8. The lowest BCUT2D eigenvalue weighted by atomic mass is 9.97. The van der Waals surface area contributed by atoms with E-state index in [1.165, 1.54) is 39.0 Å². The number of nitrogens with one attached hydrogen (secondary N) is 1. The van der Waals surface area contributed by atoms with E-state index >= 15 is 0 Å². The van der Waals surface area contributed by atoms with E-state index in [9.17, 15) is 0 Å². The number of nitrogens with zero attached hydrogens (tertiary/aromatic N) is 1. The van der Waals surface area contributed by atoms with Crippen molar-refractivity contribution >= 4 is 0 Å². The number of piperazine rings is 1. The highest BCUT2D eigenvalue weighted by Crippen LogP contribution is 2.38. The van der Waals surface area contributed by atoms with Crippen LogP contribution in [-0.2, 0) is 0 Å². The molecule has 4 unspecified atom stereocenters. The summed E-state index contributed by atoms with van der Waals surface area (Å²) in [7, 11) is 0. The van der Waals surface area contributed by atoms with Crippen molar-refractivity contribution in [2.24, 2.45) is 17.8 Å². The first-order valence-corrected chi connectivity index (χ1v) is 6.66. The quantitative estimate of drug-likeness (QED) is 0.763. The molecule has 2 fully saturated rings. The summed E-state index contributed by atoms with van der Waals surface area (Å²) in [5.74, 6) is 2.84. The van der Waals surface area contributed by atoms with E-state index in [0.717, 1.165) is 23.8 Å². The molecule has 2 nitrogen and oxygen atoms in total. The molecule has 1 aliphatic heterocycles. The zero-order valence-electron chi connectivity index (χ0n) is 10.5. The van der Waals surface area contributed by atoms with Gasteiger partial charge < -0.3 is 10.2 Å². The van der Waals surface area contributed by atoms with Gasteiger partial charge in [0.1, 0.15) is 0 Å². The molecule has 2 aliphatic rings. The fraction of sp³-hybridized carbons (Fsp3) is 1.00. The SMILES string of the molecule is CCC(C)C1CN(CC2CC2C)CCN1. The van der Waals surface area contributed by atoms with Gasteiger partial charge in [0.05, 0.1) is 0 Å². The van der Waals surface area contributed by atoms with E-state index in [2.05, 4.69) is 31.0 Å². The lowest BCUT2D eigenvalue weighted by Gasteiger charge is -2.36. The van der Waals surface area contributed by atoms with E-state index < -0.39 is 0 Å². The van der Waals surface area contributed by atoms with Gasteiger partial charge in [-0.05, 0) is 24.2 Å². The highest BCUT2D eigenvalue weighted by Gasteiger charge is 2.35. The predicted octanol–water partition coefficient (Wildman–Crippen LogP) is 1.96. The van der Waals surface area contributed by atoms with Gasteiger partial charge in [0.15, 0.2) is 0 Å². The average molecular weight is 210 g/mol. The third-order valence-corrected chi connectivity index (χ3v) is 4.39. The molecule has 0 spiro atoms. The average Bonchev–Trinajstić information content (AvgIpc) is 2.93. The van der Waals surface area contributed by atoms with Crippen molar-refractivity contribution in [3.63, 3.8) is 0 Å². The maximum atomic E-state index is 3.66. The van der Waals surface area contributed by atoms with E-state index in [4.69, 9.17) is 0 Å². The fourth-order valence-electron chi connectivity index (χ4n) is 2.66. The molecule has 1 saturated heterocycles. The van der Waals surface area contributed by atoms with Crippen molar-refractivity contribution in [3.8, 4) is 0 Å². The molecular formula is C13H26N2. The summed E-state index contributed by atoms with van der Waals surface area (Å²) in [5, 5.41) is 3.66. The Kier molecular flexibility index (Phi) is 3.68. The first-order valence-electron chi connectivity index (χ1n) is 6.66. The predicted molar refractivity (Wildman–Crippen MR) is 65.0 cm³/mol. The molecule has 4 atom stereocenters. The van der Waals surface area contributed by atoms with Gasteiger partial charge in [0.25, 0.3) is 0 Å². The molecule has 1 N–H and O–H groups in total. The molecule has 0 aromatic rings. The van der Waals surface area contributed by atoms with Crippen molar-refractivity contribution in [3.05, 3.63) is 0 Å². The highest BCUT2D eigenvalue weighted by atomic mass is 15.2. The summed E-state index contributed by atoms with van der Waals surface area (Å²) in [6.07, 6.45) is 2.77. The second-order valence-corrected chi connectivity index (χ2v) is 5.68. The normalized spacial score (nSPS) is 39.0. The Balaban J connectivity index is 1.76. The van der Waals surface area contributed by atoms with E-state index in [-0.39, 0.29) is 0 Å². The molecule has 0 amide bonds. The van der Waals surface area contributed by atoms with Crippen LogP contribution in [0.3, 0.4) is 0 Å². The first-order chi connectivity index (χ1) is 7.20. The van der Waals surface area contributed by atoms with Crippen LogP contribution in [0.15, 0.2) is 0 Å². The van der Waals surface area contributed by atoms with Gasteiger partial charge in [0, 0.05) is 32.2 Å². The van der Waals surface area contributed by atoms with E-state index in [0.29, 0.717) is 0 Å². The molecule has 0 radical (unpaired) electrons. The van der Waals surface area contributed by atoms with Gasteiger partial charge in [-0.3, -0.25) is 0 Å². The molecule has 1 saturated carbocycles. The van der Waals surface area contributed by atoms with Gasteiger partial charge in [0.2, 0.25) is 0 Å². The standard InChI is InChI=1S/C13H26N2/c1-4-10(2)13-9-15(6-5-14-13)8-12-7-11(12)3/h10-14H,4-9H2,1-3H3. The van der Waals surface area contributed by atoms with Gasteiger partial charge in [-0.15, -0.1) is 0 Å². The Hall–Kier alpha value is -0.0800. The second-order valence-electron chi connectivity index (χ2n) is 5.68. The summed E-state index contributed by atoms with van der Waals surface area (Å²) in [4.78, 5) is 2.68. The van der Waals surface area contributed by atoms with Crippen molar-refractivity contribution in [1.82, 2.24) is 10.2 Å². The summed E-state index contributed by atoms with van der Waals surface area (Å²) in [5.41, 5.74) is 0. The smallest absolute Gasteiger partial charge is 0.0221 e. The molecule has 88 valence electrons. The molecule has 0 aromatic carbocycles. The number of hydrogen-bond donors (Lipinski definition) is 1. The lowest BCUT2D eigenvalue weighted by molar-refractivity contribution is 0.161. The minimum absolute atomic E-state index is 0.734. The lowest BCUT2D eigenvalue weighted by Crippen LogP contribution is -2.53. The van der Waals surface area contributed by atoms with Crippen LogP contribution in [0.4, 0.5) is 0 Å². The Labute approximate surface area is 94.4 Å². The molecule has 1 heterocycles. The molecule has 2 heteroatoms. The van der Waals surface area contributed by atoms with E-state index in [1.54, 1.807) is 0 Å². The third kappa shape index (κ3) is 2.94. The van der Waals surface area contributed by atoms with Gasteiger partial charge in [-0.25, -0.2) is 0 Å². The molecule has 0 aromatic heterocycles. The van der Waals surface area contributed by atoms with Crippen molar-refractivity contribution in [1.29, 1.82) is 0 Å². The van der Waals surface area contributed by atoms with Crippen LogP contribution in [0.1, 0.15) is 33.6 Å². The maximum absolute atomic E-state index is 3.66. The zero-order valence-corrected chi connectivity index (χ0v) is 10.5. The Bertz CT molecular complexity index is 205. The third-order valence-electron chi connectivity index (χ3n) is 4.39. The van der Waals surface area contributed by atoms with Crippen molar-refractivity contribution in [2.75, 3.05) is 26.2 Å². The Morgan fingerprint density at radius 1 is 1.47 bits per heavy atom. The maximum Gasteiger partial charge on any atom is 0.0221 e. The minimum atomic E-state index is 0.734. The van der Waals surface area contributed by atoms with Crippen LogP contribution in [0.25, 0.3) is 0 Å². The van der Waals surface area contributed by atoms with Crippen LogP contribution in [0.2, 0.25) is 0 Å². The molecular weight excluding hydrogens is 184 g/mol. The molecule has 0 bridgehead atoms. The highest BCUT2D eigenvalue weighted by molar-refractivity contribution is 4.89. The largest absolute Gasteiger partial charge is 0.311 e. The molecule has 1 aliphatic carbocycles. The van der Waals surface area contributed by atoms with Gasteiger partial charge in [-0.2, -0.15) is 0 Å². The van der Waals surface area contributed by atoms with Gasteiger partial charge >= 0.3 is 0 Å². The van der Waals surface area contributed by atoms with Crippen LogP contribution in [0, 0.1) is 17.8 Å². The number of rotatable bonds is 4. The summed E-state index contributed by atoms with van der Waals surface area (Å²) in [6.45, 7) is 12.1. The summed E-state index contributed by atoms with van der Waals surface area (Å²) in [6, 6.07) is 0.734. The van der Waals surface area contributed by atoms with E-state index in [1.807, 2.05) is 0 Å². The second kappa shape index (κ2) is 4.84. The van der Waals surface area contributed by atoms with Crippen molar-refractivity contribution in [2.45, 2.75) is 39.7 Å². The Morgan fingerprint density at radius 3 is 2.80 bits per heavy atom.